The van der Waals surface area contributed by atoms with Crippen LogP contribution in [0.25, 0.3) is 21.9 Å². The highest BCUT2D eigenvalue weighted by atomic mass is 16.3. The number of furan rings is 1. The molecule has 0 saturated heterocycles. The lowest BCUT2D eigenvalue weighted by Gasteiger charge is -1.93. The first-order valence-corrected chi connectivity index (χ1v) is 4.89. The maximum atomic E-state index is 9.03. The Morgan fingerprint density at radius 2 is 1.73 bits per heavy atom. The lowest BCUT2D eigenvalue weighted by Crippen LogP contribution is -1.80. The smallest absolute Gasteiger partial charge is 0.135 e. The van der Waals surface area contributed by atoms with Crippen molar-refractivity contribution in [2.24, 2.45) is 0 Å². The molecule has 0 radical (unpaired) electrons. The fourth-order valence-corrected chi connectivity index (χ4v) is 1.87. The molecule has 0 aliphatic carbocycles. The minimum absolute atomic E-state index is 0.0486. The third-order valence-electron chi connectivity index (χ3n) is 2.63. The number of rotatable bonds is 1. The highest BCUT2D eigenvalue weighted by molar-refractivity contribution is 6.04. The molecule has 0 saturated carbocycles. The van der Waals surface area contributed by atoms with Crippen LogP contribution in [0.2, 0.25) is 0 Å². The van der Waals surface area contributed by atoms with Crippen LogP contribution in [0.4, 0.5) is 0 Å². The monoisotopic (exact) mass is 198 g/mol. The number of hydrogen-bond acceptors (Lipinski definition) is 2. The zero-order valence-corrected chi connectivity index (χ0v) is 8.10. The molecule has 0 spiro atoms. The topological polar surface area (TPSA) is 33.4 Å². The fraction of sp³-hybridized carbons (Fsp3) is 0.0769. The zero-order chi connectivity index (χ0) is 10.3. The van der Waals surface area contributed by atoms with Crippen LogP contribution in [-0.2, 0) is 6.61 Å². The highest BCUT2D eigenvalue weighted by Crippen LogP contribution is 2.28. The van der Waals surface area contributed by atoms with Crippen LogP contribution in [0.3, 0.4) is 0 Å². The molecule has 2 heteroatoms. The van der Waals surface area contributed by atoms with Crippen LogP contribution in [0.5, 0.6) is 0 Å². The number of para-hydroxylation sites is 1. The van der Waals surface area contributed by atoms with E-state index in [4.69, 9.17) is 9.52 Å². The molecule has 0 unspecified atom stereocenters. The molecule has 15 heavy (non-hydrogen) atoms. The van der Waals surface area contributed by atoms with Crippen LogP contribution in [0.15, 0.2) is 46.9 Å². The fourth-order valence-electron chi connectivity index (χ4n) is 1.87. The molecule has 0 aliphatic heterocycles. The second kappa shape index (κ2) is 3.11. The van der Waals surface area contributed by atoms with Gasteiger partial charge in [0.2, 0.25) is 0 Å². The Labute approximate surface area is 86.7 Å². The summed E-state index contributed by atoms with van der Waals surface area (Å²) in [5, 5.41) is 11.3. The average molecular weight is 198 g/mol. The summed E-state index contributed by atoms with van der Waals surface area (Å²) >= 11 is 0. The van der Waals surface area contributed by atoms with E-state index in [0.29, 0.717) is 0 Å². The van der Waals surface area contributed by atoms with Gasteiger partial charge in [0.1, 0.15) is 11.2 Å². The summed E-state index contributed by atoms with van der Waals surface area (Å²) in [6.45, 7) is 0.0486. The summed E-state index contributed by atoms with van der Waals surface area (Å²) in [7, 11) is 0. The van der Waals surface area contributed by atoms with E-state index >= 15 is 0 Å². The molecule has 2 aromatic carbocycles. The maximum absolute atomic E-state index is 9.03. The van der Waals surface area contributed by atoms with E-state index in [1.54, 1.807) is 0 Å². The second-order valence-electron chi connectivity index (χ2n) is 3.59. The van der Waals surface area contributed by atoms with Crippen LogP contribution in [-0.4, -0.2) is 5.11 Å². The first kappa shape index (κ1) is 8.50. The second-order valence-corrected chi connectivity index (χ2v) is 3.59. The van der Waals surface area contributed by atoms with Crippen molar-refractivity contribution < 1.29 is 9.52 Å². The molecule has 3 aromatic rings. The van der Waals surface area contributed by atoms with Crippen LogP contribution >= 0.6 is 0 Å². The molecule has 2 nitrogen and oxygen atoms in total. The van der Waals surface area contributed by atoms with Gasteiger partial charge in [0, 0.05) is 10.8 Å². The van der Waals surface area contributed by atoms with Gasteiger partial charge in [-0.25, -0.2) is 0 Å². The van der Waals surface area contributed by atoms with E-state index in [1.165, 1.54) is 0 Å². The van der Waals surface area contributed by atoms with Crippen molar-refractivity contribution in [1.82, 2.24) is 0 Å². The molecular weight excluding hydrogens is 188 g/mol. The Morgan fingerprint density at radius 3 is 2.60 bits per heavy atom. The van der Waals surface area contributed by atoms with Crippen molar-refractivity contribution in [2.45, 2.75) is 6.61 Å². The lowest BCUT2D eigenvalue weighted by atomic mass is 10.1. The molecule has 74 valence electrons. The van der Waals surface area contributed by atoms with Crippen molar-refractivity contribution in [3.05, 3.63) is 48.0 Å². The lowest BCUT2D eigenvalue weighted by molar-refractivity contribution is 0.282. The number of hydrogen-bond donors (Lipinski definition) is 1. The summed E-state index contributed by atoms with van der Waals surface area (Å²) in [5.41, 5.74) is 2.60. The standard InChI is InChI=1S/C13H10O2/c14-8-9-5-6-11-10-3-1-2-4-12(10)15-13(11)7-9/h1-7,14H,8H2. The van der Waals surface area contributed by atoms with Crippen molar-refractivity contribution in [3.8, 4) is 0 Å². The Bertz CT molecular complexity index is 623. The first-order valence-electron chi connectivity index (χ1n) is 4.89. The molecule has 0 atom stereocenters. The largest absolute Gasteiger partial charge is 0.456 e. The summed E-state index contributed by atoms with van der Waals surface area (Å²) < 4.78 is 5.68. The molecular formula is C13H10O2. The van der Waals surface area contributed by atoms with E-state index in [-0.39, 0.29) is 6.61 Å². The number of fused-ring (bicyclic) bond motifs is 3. The van der Waals surface area contributed by atoms with Gasteiger partial charge >= 0.3 is 0 Å². The van der Waals surface area contributed by atoms with Crippen molar-refractivity contribution in [1.29, 1.82) is 0 Å². The van der Waals surface area contributed by atoms with Crippen LogP contribution < -0.4 is 0 Å². The average Bonchev–Trinajstić information content (AvgIpc) is 2.66. The van der Waals surface area contributed by atoms with E-state index in [0.717, 1.165) is 27.5 Å². The minimum atomic E-state index is 0.0486. The number of benzene rings is 2. The molecule has 0 fully saturated rings. The molecule has 1 heterocycles. The Morgan fingerprint density at radius 1 is 0.933 bits per heavy atom. The van der Waals surface area contributed by atoms with Gasteiger partial charge in [0.25, 0.3) is 0 Å². The molecule has 1 N–H and O–H groups in total. The van der Waals surface area contributed by atoms with Crippen LogP contribution in [0, 0.1) is 0 Å². The molecule has 0 aliphatic rings. The molecule has 0 bridgehead atoms. The molecule has 1 aromatic heterocycles. The van der Waals surface area contributed by atoms with Crippen LogP contribution in [0.1, 0.15) is 5.56 Å². The Kier molecular flexibility index (Phi) is 1.76. The van der Waals surface area contributed by atoms with Gasteiger partial charge in [0.15, 0.2) is 0 Å². The quantitative estimate of drug-likeness (QED) is 0.651. The van der Waals surface area contributed by atoms with Gasteiger partial charge in [-0.3, -0.25) is 0 Å². The Hall–Kier alpha value is -1.80. The van der Waals surface area contributed by atoms with Crippen molar-refractivity contribution >= 4 is 21.9 Å². The molecule has 3 rings (SSSR count). The third-order valence-corrected chi connectivity index (χ3v) is 2.63. The van der Waals surface area contributed by atoms with E-state index in [1.807, 2.05) is 42.5 Å². The predicted molar refractivity (Wildman–Crippen MR) is 59.6 cm³/mol. The summed E-state index contributed by atoms with van der Waals surface area (Å²) in [6, 6.07) is 13.7. The third kappa shape index (κ3) is 1.22. The summed E-state index contributed by atoms with van der Waals surface area (Å²) in [5.74, 6) is 0. The normalized spacial score (nSPS) is 11.3. The minimum Gasteiger partial charge on any atom is -0.456 e. The highest BCUT2D eigenvalue weighted by Gasteiger charge is 2.05. The Balaban J connectivity index is 2.43. The SMILES string of the molecule is OCc1ccc2c(c1)oc1ccccc12. The summed E-state index contributed by atoms with van der Waals surface area (Å²) in [4.78, 5) is 0. The van der Waals surface area contributed by atoms with Gasteiger partial charge in [-0.2, -0.15) is 0 Å². The van der Waals surface area contributed by atoms with Gasteiger partial charge in [-0.15, -0.1) is 0 Å². The van der Waals surface area contributed by atoms with E-state index in [2.05, 4.69) is 0 Å². The number of aliphatic hydroxyl groups excluding tert-OH is 1. The van der Waals surface area contributed by atoms with Gasteiger partial charge < -0.3 is 9.52 Å². The van der Waals surface area contributed by atoms with Gasteiger partial charge in [-0.1, -0.05) is 30.3 Å². The van der Waals surface area contributed by atoms with E-state index < -0.39 is 0 Å². The van der Waals surface area contributed by atoms with E-state index in [9.17, 15) is 0 Å². The first-order chi connectivity index (χ1) is 7.38. The molecule has 0 amide bonds. The maximum Gasteiger partial charge on any atom is 0.135 e. The summed E-state index contributed by atoms with van der Waals surface area (Å²) in [6.07, 6.45) is 0. The predicted octanol–water partition coefficient (Wildman–Crippen LogP) is 3.08. The van der Waals surface area contributed by atoms with Crippen molar-refractivity contribution in [2.75, 3.05) is 0 Å². The number of aliphatic hydroxyl groups is 1. The van der Waals surface area contributed by atoms with Crippen molar-refractivity contribution in [3.63, 3.8) is 0 Å². The zero-order valence-electron chi connectivity index (χ0n) is 8.10. The van der Waals surface area contributed by atoms with Gasteiger partial charge in [0.05, 0.1) is 6.61 Å². The van der Waals surface area contributed by atoms with Gasteiger partial charge in [-0.05, 0) is 17.7 Å².